The van der Waals surface area contributed by atoms with Crippen molar-refractivity contribution in [1.29, 1.82) is 0 Å². The molecule has 1 aliphatic carbocycles. The summed E-state index contributed by atoms with van der Waals surface area (Å²) in [6, 6.07) is 0. The van der Waals surface area contributed by atoms with Crippen molar-refractivity contribution in [2.75, 3.05) is 19.7 Å². The van der Waals surface area contributed by atoms with Crippen LogP contribution in [0, 0.1) is 17.8 Å². The Morgan fingerprint density at radius 3 is 2.92 bits per heavy atom. The largest absolute Gasteiger partial charge is 0.376 e. The normalized spacial score (nSPS) is 48.5. The van der Waals surface area contributed by atoms with Crippen LogP contribution in [0.25, 0.3) is 0 Å². The van der Waals surface area contributed by atoms with E-state index < -0.39 is 0 Å². The van der Waals surface area contributed by atoms with Gasteiger partial charge in [-0.05, 0) is 18.3 Å². The van der Waals surface area contributed by atoms with Crippen molar-refractivity contribution in [2.24, 2.45) is 17.8 Å². The van der Waals surface area contributed by atoms with Gasteiger partial charge in [0.25, 0.3) is 0 Å². The van der Waals surface area contributed by atoms with E-state index in [1.165, 1.54) is 6.42 Å². The van der Waals surface area contributed by atoms with Crippen molar-refractivity contribution in [2.45, 2.75) is 26.4 Å². The van der Waals surface area contributed by atoms with Crippen LogP contribution in [-0.2, 0) is 4.74 Å². The Kier molecular flexibility index (Phi) is 2.37. The fourth-order valence-electron chi connectivity index (χ4n) is 2.78. The van der Waals surface area contributed by atoms with Crippen molar-refractivity contribution < 1.29 is 4.74 Å². The maximum atomic E-state index is 5.85. The molecular formula is C10H19NO. The SMILES string of the molecule is CC1CC(C)C2OCCNCC12. The minimum absolute atomic E-state index is 0.537. The van der Waals surface area contributed by atoms with Gasteiger partial charge in [-0.3, -0.25) is 0 Å². The van der Waals surface area contributed by atoms with Crippen LogP contribution in [0.15, 0.2) is 0 Å². The fraction of sp³-hybridized carbons (Fsp3) is 1.00. The first-order valence-electron chi connectivity index (χ1n) is 5.11. The number of rotatable bonds is 0. The smallest absolute Gasteiger partial charge is 0.0644 e. The number of hydrogen-bond donors (Lipinski definition) is 1. The van der Waals surface area contributed by atoms with Gasteiger partial charge in [0.2, 0.25) is 0 Å². The predicted molar refractivity (Wildman–Crippen MR) is 49.0 cm³/mol. The standard InChI is InChI=1S/C10H19NO/c1-7-5-8(2)10-9(7)6-11-3-4-12-10/h7-11H,3-6H2,1-2H3. The summed E-state index contributed by atoms with van der Waals surface area (Å²) in [5.74, 6) is 2.38. The molecule has 1 saturated heterocycles. The lowest BCUT2D eigenvalue weighted by molar-refractivity contribution is 0.0184. The fourth-order valence-corrected chi connectivity index (χ4v) is 2.78. The molecular weight excluding hydrogens is 150 g/mol. The lowest BCUT2D eigenvalue weighted by atomic mass is 9.96. The van der Waals surface area contributed by atoms with Crippen LogP contribution in [0.5, 0.6) is 0 Å². The van der Waals surface area contributed by atoms with Crippen LogP contribution in [-0.4, -0.2) is 25.8 Å². The Balaban J connectivity index is 2.07. The summed E-state index contributed by atoms with van der Waals surface area (Å²) in [6.07, 6.45) is 1.88. The van der Waals surface area contributed by atoms with Crippen LogP contribution in [0.2, 0.25) is 0 Å². The molecule has 1 N–H and O–H groups in total. The molecule has 12 heavy (non-hydrogen) atoms. The second-order valence-corrected chi connectivity index (χ2v) is 4.39. The molecule has 2 aliphatic rings. The van der Waals surface area contributed by atoms with E-state index in [1.54, 1.807) is 0 Å². The molecule has 0 bridgehead atoms. The van der Waals surface area contributed by atoms with Crippen LogP contribution >= 0.6 is 0 Å². The molecule has 2 rings (SSSR count). The Hall–Kier alpha value is -0.0800. The highest BCUT2D eigenvalue weighted by atomic mass is 16.5. The summed E-state index contributed by atoms with van der Waals surface area (Å²) in [5, 5.41) is 3.44. The highest BCUT2D eigenvalue weighted by molar-refractivity contribution is 4.90. The maximum Gasteiger partial charge on any atom is 0.0644 e. The lowest BCUT2D eigenvalue weighted by Gasteiger charge is -2.21. The molecule has 0 amide bonds. The average Bonchev–Trinajstić information content (AvgIpc) is 2.29. The Morgan fingerprint density at radius 2 is 2.08 bits per heavy atom. The zero-order valence-electron chi connectivity index (χ0n) is 8.05. The van der Waals surface area contributed by atoms with Gasteiger partial charge >= 0.3 is 0 Å². The molecule has 1 aliphatic heterocycles. The third-order valence-electron chi connectivity index (χ3n) is 3.43. The van der Waals surface area contributed by atoms with Gasteiger partial charge in [0.1, 0.15) is 0 Å². The molecule has 70 valence electrons. The summed E-state index contributed by atoms with van der Waals surface area (Å²) in [4.78, 5) is 0. The summed E-state index contributed by atoms with van der Waals surface area (Å²) in [5.41, 5.74) is 0. The van der Waals surface area contributed by atoms with Gasteiger partial charge in [-0.1, -0.05) is 13.8 Å². The van der Waals surface area contributed by atoms with Crippen molar-refractivity contribution in [3.05, 3.63) is 0 Å². The number of fused-ring (bicyclic) bond motifs is 1. The molecule has 4 unspecified atom stereocenters. The van der Waals surface area contributed by atoms with Crippen molar-refractivity contribution in [3.63, 3.8) is 0 Å². The average molecular weight is 169 g/mol. The van der Waals surface area contributed by atoms with Crippen LogP contribution in [0.3, 0.4) is 0 Å². The third kappa shape index (κ3) is 1.38. The highest BCUT2D eigenvalue weighted by Gasteiger charge is 2.39. The molecule has 0 aromatic carbocycles. The second-order valence-electron chi connectivity index (χ2n) is 4.39. The topological polar surface area (TPSA) is 21.3 Å². The van der Waals surface area contributed by atoms with Gasteiger partial charge in [0.15, 0.2) is 0 Å². The first-order chi connectivity index (χ1) is 5.79. The van der Waals surface area contributed by atoms with Crippen LogP contribution < -0.4 is 5.32 Å². The van der Waals surface area contributed by atoms with E-state index in [4.69, 9.17) is 4.74 Å². The van der Waals surface area contributed by atoms with E-state index in [1.807, 2.05) is 0 Å². The highest BCUT2D eigenvalue weighted by Crippen LogP contribution is 2.38. The molecule has 1 heterocycles. The zero-order valence-corrected chi connectivity index (χ0v) is 8.05. The van der Waals surface area contributed by atoms with Crippen molar-refractivity contribution >= 4 is 0 Å². The second kappa shape index (κ2) is 3.35. The minimum Gasteiger partial charge on any atom is -0.376 e. The predicted octanol–water partition coefficient (Wildman–Crippen LogP) is 1.27. The minimum atomic E-state index is 0.537. The molecule has 2 fully saturated rings. The van der Waals surface area contributed by atoms with Crippen LogP contribution in [0.1, 0.15) is 20.3 Å². The summed E-state index contributed by atoms with van der Waals surface area (Å²) >= 11 is 0. The lowest BCUT2D eigenvalue weighted by Crippen LogP contribution is -2.29. The maximum absolute atomic E-state index is 5.85. The van der Waals surface area contributed by atoms with Gasteiger partial charge in [-0.25, -0.2) is 0 Å². The summed E-state index contributed by atoms with van der Waals surface area (Å²) in [7, 11) is 0. The zero-order chi connectivity index (χ0) is 8.55. The molecule has 4 atom stereocenters. The van der Waals surface area contributed by atoms with Gasteiger partial charge in [0, 0.05) is 19.0 Å². The quantitative estimate of drug-likeness (QED) is 0.589. The molecule has 0 radical (unpaired) electrons. The third-order valence-corrected chi connectivity index (χ3v) is 3.43. The molecule has 0 spiro atoms. The number of nitrogens with one attached hydrogen (secondary N) is 1. The van der Waals surface area contributed by atoms with E-state index in [0.717, 1.165) is 37.5 Å². The van der Waals surface area contributed by atoms with E-state index in [9.17, 15) is 0 Å². The van der Waals surface area contributed by atoms with Gasteiger partial charge < -0.3 is 10.1 Å². The van der Waals surface area contributed by atoms with E-state index in [0.29, 0.717) is 6.10 Å². The molecule has 1 saturated carbocycles. The molecule has 0 aromatic rings. The van der Waals surface area contributed by atoms with E-state index in [2.05, 4.69) is 19.2 Å². The summed E-state index contributed by atoms with van der Waals surface area (Å²) in [6.45, 7) is 7.78. The molecule has 2 nitrogen and oxygen atoms in total. The first-order valence-corrected chi connectivity index (χ1v) is 5.11. The first kappa shape index (κ1) is 8.52. The number of ether oxygens (including phenoxy) is 1. The van der Waals surface area contributed by atoms with Gasteiger partial charge in [0.05, 0.1) is 12.7 Å². The number of hydrogen-bond acceptors (Lipinski definition) is 2. The van der Waals surface area contributed by atoms with Crippen molar-refractivity contribution in [1.82, 2.24) is 5.32 Å². The van der Waals surface area contributed by atoms with E-state index in [-0.39, 0.29) is 0 Å². The Bertz CT molecular complexity index is 144. The van der Waals surface area contributed by atoms with E-state index >= 15 is 0 Å². The van der Waals surface area contributed by atoms with Crippen molar-refractivity contribution in [3.8, 4) is 0 Å². The Morgan fingerprint density at radius 1 is 1.25 bits per heavy atom. The molecule has 0 aromatic heterocycles. The molecule has 2 heteroatoms. The van der Waals surface area contributed by atoms with Gasteiger partial charge in [-0.2, -0.15) is 0 Å². The van der Waals surface area contributed by atoms with Gasteiger partial charge in [-0.15, -0.1) is 0 Å². The van der Waals surface area contributed by atoms with Crippen LogP contribution in [0.4, 0.5) is 0 Å². The Labute approximate surface area is 74.7 Å². The summed E-state index contributed by atoms with van der Waals surface area (Å²) < 4.78 is 5.85. The monoisotopic (exact) mass is 169 g/mol.